The first kappa shape index (κ1) is 41.9. The molecule has 0 fully saturated rings. The third-order valence-electron chi connectivity index (χ3n) is 7.88. The first-order valence-corrected chi connectivity index (χ1v) is 19.8. The number of amides is 1. The summed E-state index contributed by atoms with van der Waals surface area (Å²) >= 11 is 14.1. The molecular formula is C34H52Br4N6O3. The molecule has 0 spiro atoms. The lowest BCUT2D eigenvalue weighted by molar-refractivity contribution is -0.159. The molecule has 0 saturated carbocycles. The quantitative estimate of drug-likeness (QED) is 0.0316. The number of carbonyl (C=O) groups is 2. The third kappa shape index (κ3) is 16.4. The molecule has 9 nitrogen and oxygen atoms in total. The van der Waals surface area contributed by atoms with Crippen molar-refractivity contribution in [3.63, 3.8) is 0 Å². The Morgan fingerprint density at radius 1 is 0.702 bits per heavy atom. The normalized spacial score (nSPS) is 12.1. The third-order valence-corrected chi connectivity index (χ3v) is 10.5. The molecule has 1 unspecified atom stereocenters. The maximum absolute atomic E-state index is 12.3. The average molecular weight is 912 g/mol. The smallest absolute Gasteiger partial charge is 0.398 e. The van der Waals surface area contributed by atoms with Gasteiger partial charge in [-0.2, -0.15) is 0 Å². The molecule has 0 heterocycles. The van der Waals surface area contributed by atoms with Crippen molar-refractivity contribution in [1.29, 1.82) is 0 Å². The van der Waals surface area contributed by atoms with Crippen LogP contribution >= 0.6 is 63.7 Å². The molecule has 0 aliphatic rings. The number of halogens is 4. The summed E-state index contributed by atoms with van der Waals surface area (Å²) in [6, 6.07) is 8.30. The average Bonchev–Trinajstić information content (AvgIpc) is 3.03. The Labute approximate surface area is 315 Å². The van der Waals surface area contributed by atoms with Crippen molar-refractivity contribution in [1.82, 2.24) is 15.1 Å². The number of anilines is 2. The van der Waals surface area contributed by atoms with Crippen molar-refractivity contribution in [3.05, 3.63) is 53.3 Å². The minimum atomic E-state index is -0.916. The first-order valence-electron chi connectivity index (χ1n) is 16.6. The number of hydrogen-bond acceptors (Lipinski definition) is 8. The molecule has 2 aromatic rings. The number of nitrogen functional groups attached to an aromatic ring is 2. The van der Waals surface area contributed by atoms with E-state index in [2.05, 4.69) is 117 Å². The van der Waals surface area contributed by atoms with E-state index < -0.39 is 18.1 Å². The molecule has 7 N–H and O–H groups in total. The number of benzene rings is 2. The van der Waals surface area contributed by atoms with Crippen LogP contribution in [0.2, 0.25) is 0 Å². The second-order valence-electron chi connectivity index (χ2n) is 11.9. The highest BCUT2D eigenvalue weighted by atomic mass is 79.9. The van der Waals surface area contributed by atoms with Crippen molar-refractivity contribution in [2.45, 2.75) is 84.3 Å². The minimum absolute atomic E-state index is 0.433. The van der Waals surface area contributed by atoms with Gasteiger partial charge < -0.3 is 31.3 Å². The van der Waals surface area contributed by atoms with Gasteiger partial charge in [0.25, 0.3) is 0 Å². The molecular weight excluding hydrogens is 860 g/mol. The fourth-order valence-electron chi connectivity index (χ4n) is 5.28. The van der Waals surface area contributed by atoms with Crippen LogP contribution in [-0.2, 0) is 27.2 Å². The molecule has 1 atom stereocenters. The highest BCUT2D eigenvalue weighted by molar-refractivity contribution is 9.11. The predicted octanol–water partition coefficient (Wildman–Crippen LogP) is 7.40. The number of nitrogens with zero attached hydrogens (tertiary/aromatic N) is 2. The van der Waals surface area contributed by atoms with Gasteiger partial charge in [-0.25, -0.2) is 4.79 Å². The fraction of sp³-hybridized carbons (Fsp3) is 0.588. The SMILES string of the molecule is CCCN(CCCCCNC(=O)C(=O)OC(N)CCCCN(CCC)CCc1cc(Br)c(N)c(Br)c1)CCc1cc(Br)c(N)c(Br)c1. The van der Waals surface area contributed by atoms with Crippen LogP contribution in [0.4, 0.5) is 11.4 Å². The molecule has 0 bridgehead atoms. The standard InChI is InChI=1S/C34H52Br4N6O3/c1-3-14-43(18-11-24-20-26(35)31(40)27(36)21-24)16-8-5-7-13-42-33(45)34(46)47-30(39)10-6-9-17-44(15-4-2)19-12-25-22-28(37)32(41)29(38)23-25/h20-23,30H,3-19,39-41H2,1-2H3,(H,42,45). The van der Waals surface area contributed by atoms with E-state index in [4.69, 9.17) is 21.9 Å². The van der Waals surface area contributed by atoms with Crippen molar-refractivity contribution in [3.8, 4) is 0 Å². The summed E-state index contributed by atoms with van der Waals surface area (Å²) in [6.07, 6.45) is 8.25. The Hall–Kier alpha value is -1.22. The number of hydrogen-bond donors (Lipinski definition) is 4. The number of ether oxygens (including phenoxy) is 1. The summed E-state index contributed by atoms with van der Waals surface area (Å²) in [5, 5.41) is 2.68. The monoisotopic (exact) mass is 908 g/mol. The van der Waals surface area contributed by atoms with Crippen molar-refractivity contribution < 1.29 is 14.3 Å². The molecule has 0 aliphatic carbocycles. The van der Waals surface area contributed by atoms with E-state index >= 15 is 0 Å². The molecule has 47 heavy (non-hydrogen) atoms. The summed E-state index contributed by atoms with van der Waals surface area (Å²) in [7, 11) is 0. The lowest BCUT2D eigenvalue weighted by Crippen LogP contribution is -2.38. The van der Waals surface area contributed by atoms with Crippen LogP contribution in [-0.4, -0.2) is 73.7 Å². The maximum Gasteiger partial charge on any atom is 0.398 e. The summed E-state index contributed by atoms with van der Waals surface area (Å²) in [5.41, 5.74) is 21.9. The Bertz CT molecular complexity index is 1220. The fourth-order valence-corrected chi connectivity index (χ4v) is 7.84. The maximum atomic E-state index is 12.3. The van der Waals surface area contributed by atoms with E-state index in [0.717, 1.165) is 115 Å². The van der Waals surface area contributed by atoms with Crippen LogP contribution in [0.15, 0.2) is 42.2 Å². The topological polar surface area (TPSA) is 140 Å². The zero-order valence-corrected chi connectivity index (χ0v) is 34.1. The van der Waals surface area contributed by atoms with E-state index in [-0.39, 0.29) is 0 Å². The Kier molecular flexibility index (Phi) is 20.7. The molecule has 264 valence electrons. The zero-order valence-electron chi connectivity index (χ0n) is 27.8. The summed E-state index contributed by atoms with van der Waals surface area (Å²) in [6.45, 7) is 10.7. The summed E-state index contributed by atoms with van der Waals surface area (Å²) < 4.78 is 8.82. The van der Waals surface area contributed by atoms with Gasteiger partial charge in [0, 0.05) is 37.5 Å². The van der Waals surface area contributed by atoms with Gasteiger partial charge in [-0.15, -0.1) is 0 Å². The molecule has 0 radical (unpaired) electrons. The molecule has 2 rings (SSSR count). The Balaban J connectivity index is 1.59. The van der Waals surface area contributed by atoms with Crippen LogP contribution in [0.5, 0.6) is 0 Å². The van der Waals surface area contributed by atoms with Gasteiger partial charge in [-0.05, 0) is 183 Å². The van der Waals surface area contributed by atoms with Gasteiger partial charge >= 0.3 is 11.9 Å². The van der Waals surface area contributed by atoms with Crippen LogP contribution in [0, 0.1) is 0 Å². The van der Waals surface area contributed by atoms with Crippen molar-refractivity contribution in [2.24, 2.45) is 5.73 Å². The number of unbranched alkanes of at least 4 members (excludes halogenated alkanes) is 3. The highest BCUT2D eigenvalue weighted by Crippen LogP contribution is 2.31. The van der Waals surface area contributed by atoms with Gasteiger partial charge in [0.2, 0.25) is 0 Å². The van der Waals surface area contributed by atoms with Crippen molar-refractivity contribution in [2.75, 3.05) is 57.3 Å². The van der Waals surface area contributed by atoms with Gasteiger partial charge in [0.1, 0.15) is 0 Å². The number of carbonyl (C=O) groups excluding carboxylic acids is 2. The largest absolute Gasteiger partial charge is 0.440 e. The van der Waals surface area contributed by atoms with E-state index in [9.17, 15) is 9.59 Å². The van der Waals surface area contributed by atoms with E-state index in [1.54, 1.807) is 0 Å². The Morgan fingerprint density at radius 3 is 1.60 bits per heavy atom. The van der Waals surface area contributed by atoms with Gasteiger partial charge in [-0.1, -0.05) is 20.3 Å². The van der Waals surface area contributed by atoms with Crippen LogP contribution in [0.25, 0.3) is 0 Å². The van der Waals surface area contributed by atoms with Crippen LogP contribution in [0.1, 0.15) is 76.3 Å². The lowest BCUT2D eigenvalue weighted by atomic mass is 10.1. The van der Waals surface area contributed by atoms with Gasteiger partial charge in [0.15, 0.2) is 6.23 Å². The predicted molar refractivity (Wildman–Crippen MR) is 208 cm³/mol. The summed E-state index contributed by atoms with van der Waals surface area (Å²) in [5.74, 6) is -1.65. The number of nitrogens with one attached hydrogen (secondary N) is 1. The van der Waals surface area contributed by atoms with E-state index in [1.807, 2.05) is 0 Å². The van der Waals surface area contributed by atoms with E-state index in [1.165, 1.54) is 11.1 Å². The number of rotatable bonds is 22. The zero-order chi connectivity index (χ0) is 34.8. The van der Waals surface area contributed by atoms with Gasteiger partial charge in [0.05, 0.1) is 11.4 Å². The second-order valence-corrected chi connectivity index (χ2v) is 15.3. The van der Waals surface area contributed by atoms with Crippen LogP contribution < -0.4 is 22.5 Å². The van der Waals surface area contributed by atoms with Crippen LogP contribution in [0.3, 0.4) is 0 Å². The molecule has 1 amide bonds. The van der Waals surface area contributed by atoms with E-state index in [0.29, 0.717) is 24.3 Å². The molecule has 0 aromatic heterocycles. The lowest BCUT2D eigenvalue weighted by Gasteiger charge is -2.22. The highest BCUT2D eigenvalue weighted by Gasteiger charge is 2.18. The molecule has 13 heteroatoms. The van der Waals surface area contributed by atoms with Crippen molar-refractivity contribution >= 4 is 87.0 Å². The molecule has 2 aromatic carbocycles. The Morgan fingerprint density at radius 2 is 1.15 bits per heavy atom. The molecule has 0 saturated heterocycles. The first-order chi connectivity index (χ1) is 22.4. The minimum Gasteiger partial charge on any atom is -0.440 e. The molecule has 0 aliphatic heterocycles. The number of esters is 1. The second kappa shape index (κ2) is 23.2. The number of nitrogens with two attached hydrogens (primary N) is 3. The van der Waals surface area contributed by atoms with Gasteiger partial charge in [-0.3, -0.25) is 10.5 Å². The summed E-state index contributed by atoms with van der Waals surface area (Å²) in [4.78, 5) is 29.4.